The van der Waals surface area contributed by atoms with Crippen LogP contribution in [0.2, 0.25) is 0 Å². The van der Waals surface area contributed by atoms with E-state index in [2.05, 4.69) is 33.0 Å². The zero-order valence-electron chi connectivity index (χ0n) is 10.9. The minimum absolute atomic E-state index is 0.662. The molecule has 3 rings (SSSR count). The fourth-order valence-corrected chi connectivity index (χ4v) is 3.11. The third-order valence-electron chi connectivity index (χ3n) is 3.74. The number of rotatable bonds is 1. The van der Waals surface area contributed by atoms with Crippen molar-refractivity contribution in [3.63, 3.8) is 0 Å². The number of anilines is 2. The Morgan fingerprint density at radius 2 is 2.10 bits per heavy atom. The lowest BCUT2D eigenvalue weighted by Gasteiger charge is -2.31. The SMILES string of the molecule is N#Cc1ccc(N2CCc3c(N)cccc3C2)cc1Br. The highest BCUT2D eigenvalue weighted by atomic mass is 79.9. The predicted octanol–water partition coefficient (Wildman–Crippen LogP) is 3.47. The number of nitriles is 1. The molecule has 1 aliphatic rings. The van der Waals surface area contributed by atoms with Gasteiger partial charge >= 0.3 is 0 Å². The Bertz CT molecular complexity index is 703. The fourth-order valence-electron chi connectivity index (χ4n) is 2.65. The number of nitrogen functional groups attached to an aromatic ring is 1. The van der Waals surface area contributed by atoms with E-state index in [9.17, 15) is 0 Å². The maximum Gasteiger partial charge on any atom is 0.100 e. The highest BCUT2D eigenvalue weighted by Crippen LogP contribution is 2.30. The van der Waals surface area contributed by atoms with Crippen LogP contribution in [-0.2, 0) is 13.0 Å². The lowest BCUT2D eigenvalue weighted by atomic mass is 9.97. The molecule has 1 heterocycles. The highest BCUT2D eigenvalue weighted by Gasteiger charge is 2.18. The van der Waals surface area contributed by atoms with Crippen molar-refractivity contribution in [1.29, 1.82) is 5.26 Å². The Labute approximate surface area is 126 Å². The number of fused-ring (bicyclic) bond motifs is 1. The summed E-state index contributed by atoms with van der Waals surface area (Å²) in [4.78, 5) is 2.31. The summed E-state index contributed by atoms with van der Waals surface area (Å²) in [5.41, 5.74) is 11.3. The molecule has 3 nitrogen and oxygen atoms in total. The number of benzene rings is 2. The van der Waals surface area contributed by atoms with Gasteiger partial charge in [0.1, 0.15) is 6.07 Å². The van der Waals surface area contributed by atoms with E-state index >= 15 is 0 Å². The van der Waals surface area contributed by atoms with Crippen LogP contribution >= 0.6 is 15.9 Å². The normalized spacial score (nSPS) is 13.7. The molecule has 0 atom stereocenters. The highest BCUT2D eigenvalue weighted by molar-refractivity contribution is 9.10. The van der Waals surface area contributed by atoms with Crippen molar-refractivity contribution in [1.82, 2.24) is 0 Å². The zero-order chi connectivity index (χ0) is 14.1. The number of hydrogen-bond donors (Lipinski definition) is 1. The van der Waals surface area contributed by atoms with Gasteiger partial charge in [-0.15, -0.1) is 0 Å². The molecule has 2 N–H and O–H groups in total. The molecule has 0 radical (unpaired) electrons. The van der Waals surface area contributed by atoms with Crippen molar-refractivity contribution in [2.24, 2.45) is 0 Å². The van der Waals surface area contributed by atoms with Gasteiger partial charge in [-0.05, 0) is 57.7 Å². The number of nitrogens with zero attached hydrogens (tertiary/aromatic N) is 2. The van der Waals surface area contributed by atoms with Gasteiger partial charge in [0.05, 0.1) is 5.56 Å². The summed E-state index contributed by atoms with van der Waals surface area (Å²) >= 11 is 3.45. The molecule has 2 aromatic rings. The van der Waals surface area contributed by atoms with E-state index in [0.717, 1.165) is 35.4 Å². The number of halogens is 1. The summed E-state index contributed by atoms with van der Waals surface area (Å²) in [5.74, 6) is 0. The van der Waals surface area contributed by atoms with E-state index in [1.165, 1.54) is 11.1 Å². The second-order valence-corrected chi connectivity index (χ2v) is 5.79. The lowest BCUT2D eigenvalue weighted by molar-refractivity contribution is 0.733. The van der Waals surface area contributed by atoms with E-state index in [4.69, 9.17) is 11.0 Å². The standard InChI is InChI=1S/C16H14BrN3/c17-15-8-13(5-4-11(15)9-18)20-7-6-14-12(10-20)2-1-3-16(14)19/h1-5,8H,6-7,10,19H2. The summed E-state index contributed by atoms with van der Waals surface area (Å²) in [6.07, 6.45) is 0.958. The molecule has 0 saturated heterocycles. The minimum atomic E-state index is 0.662. The van der Waals surface area contributed by atoms with Gasteiger partial charge < -0.3 is 10.6 Å². The smallest absolute Gasteiger partial charge is 0.100 e. The summed E-state index contributed by atoms with van der Waals surface area (Å²) in [6.45, 7) is 1.80. The van der Waals surface area contributed by atoms with E-state index in [1.807, 2.05) is 30.3 Å². The summed E-state index contributed by atoms with van der Waals surface area (Å²) in [5, 5.41) is 8.97. The van der Waals surface area contributed by atoms with Crippen molar-refractivity contribution in [2.45, 2.75) is 13.0 Å². The number of nitrogens with two attached hydrogens (primary N) is 1. The monoisotopic (exact) mass is 327 g/mol. The Morgan fingerprint density at radius 1 is 1.25 bits per heavy atom. The van der Waals surface area contributed by atoms with Crippen LogP contribution in [0.3, 0.4) is 0 Å². The molecule has 20 heavy (non-hydrogen) atoms. The first-order chi connectivity index (χ1) is 9.69. The van der Waals surface area contributed by atoms with Gasteiger partial charge in [0.25, 0.3) is 0 Å². The van der Waals surface area contributed by atoms with Crippen molar-refractivity contribution >= 4 is 27.3 Å². The lowest BCUT2D eigenvalue weighted by Crippen LogP contribution is -2.30. The van der Waals surface area contributed by atoms with Crippen molar-refractivity contribution in [3.05, 3.63) is 57.6 Å². The predicted molar refractivity (Wildman–Crippen MR) is 84.5 cm³/mol. The van der Waals surface area contributed by atoms with Crippen molar-refractivity contribution in [2.75, 3.05) is 17.2 Å². The Balaban J connectivity index is 1.91. The molecule has 0 bridgehead atoms. The van der Waals surface area contributed by atoms with Gasteiger partial charge in [-0.3, -0.25) is 0 Å². The molecule has 0 fully saturated rings. The third kappa shape index (κ3) is 2.25. The largest absolute Gasteiger partial charge is 0.398 e. The Morgan fingerprint density at radius 3 is 2.85 bits per heavy atom. The first-order valence-corrected chi connectivity index (χ1v) is 7.29. The summed E-state index contributed by atoms with van der Waals surface area (Å²) in [6, 6.07) is 14.1. The van der Waals surface area contributed by atoms with Gasteiger partial charge in [0, 0.05) is 28.9 Å². The van der Waals surface area contributed by atoms with Crippen LogP contribution < -0.4 is 10.6 Å². The zero-order valence-corrected chi connectivity index (χ0v) is 12.5. The van der Waals surface area contributed by atoms with Gasteiger partial charge in [0.2, 0.25) is 0 Å². The second-order valence-electron chi connectivity index (χ2n) is 4.93. The van der Waals surface area contributed by atoms with Crippen LogP contribution in [-0.4, -0.2) is 6.54 Å². The molecule has 0 unspecified atom stereocenters. The second kappa shape index (κ2) is 5.18. The molecule has 2 aromatic carbocycles. The molecule has 0 aliphatic carbocycles. The minimum Gasteiger partial charge on any atom is -0.398 e. The van der Waals surface area contributed by atoms with Gasteiger partial charge in [-0.25, -0.2) is 0 Å². The average Bonchev–Trinajstić information content (AvgIpc) is 2.47. The van der Waals surface area contributed by atoms with Crippen LogP contribution in [0.25, 0.3) is 0 Å². The Hall–Kier alpha value is -1.99. The maximum atomic E-state index is 8.97. The van der Waals surface area contributed by atoms with E-state index in [0.29, 0.717) is 5.56 Å². The topological polar surface area (TPSA) is 53.0 Å². The van der Waals surface area contributed by atoms with Crippen LogP contribution in [0.4, 0.5) is 11.4 Å². The molecule has 4 heteroatoms. The van der Waals surface area contributed by atoms with E-state index in [-0.39, 0.29) is 0 Å². The van der Waals surface area contributed by atoms with Gasteiger partial charge in [0.15, 0.2) is 0 Å². The number of hydrogen-bond acceptors (Lipinski definition) is 3. The van der Waals surface area contributed by atoms with Crippen LogP contribution in [0, 0.1) is 11.3 Å². The molecule has 0 spiro atoms. The molecular weight excluding hydrogens is 314 g/mol. The summed E-state index contributed by atoms with van der Waals surface area (Å²) < 4.78 is 0.843. The molecule has 1 aliphatic heterocycles. The molecule has 0 aromatic heterocycles. The molecular formula is C16H14BrN3. The van der Waals surface area contributed by atoms with Gasteiger partial charge in [-0.2, -0.15) is 5.26 Å². The first kappa shape index (κ1) is 13.0. The molecule has 100 valence electrons. The van der Waals surface area contributed by atoms with Crippen LogP contribution in [0.5, 0.6) is 0 Å². The van der Waals surface area contributed by atoms with Crippen molar-refractivity contribution < 1.29 is 0 Å². The fraction of sp³-hybridized carbons (Fsp3) is 0.188. The summed E-state index contributed by atoms with van der Waals surface area (Å²) in [7, 11) is 0. The first-order valence-electron chi connectivity index (χ1n) is 6.50. The quantitative estimate of drug-likeness (QED) is 0.816. The molecule has 0 saturated carbocycles. The van der Waals surface area contributed by atoms with E-state index < -0.39 is 0 Å². The van der Waals surface area contributed by atoms with Crippen molar-refractivity contribution in [3.8, 4) is 6.07 Å². The van der Waals surface area contributed by atoms with E-state index in [1.54, 1.807) is 0 Å². The van der Waals surface area contributed by atoms with Crippen LogP contribution in [0.1, 0.15) is 16.7 Å². The van der Waals surface area contributed by atoms with Crippen LogP contribution in [0.15, 0.2) is 40.9 Å². The Kier molecular flexibility index (Phi) is 3.37. The average molecular weight is 328 g/mol. The maximum absolute atomic E-state index is 8.97. The third-order valence-corrected chi connectivity index (χ3v) is 4.40. The molecule has 0 amide bonds. The van der Waals surface area contributed by atoms with Gasteiger partial charge in [-0.1, -0.05) is 12.1 Å².